The van der Waals surface area contributed by atoms with Crippen LogP contribution in [0.1, 0.15) is 52.0 Å². The van der Waals surface area contributed by atoms with Crippen LogP contribution < -0.4 is 10.6 Å². The van der Waals surface area contributed by atoms with E-state index >= 15 is 0 Å². The van der Waals surface area contributed by atoms with E-state index in [-0.39, 0.29) is 23.1 Å². The van der Waals surface area contributed by atoms with E-state index in [9.17, 15) is 9.59 Å². The first-order valence-electron chi connectivity index (χ1n) is 9.97. The van der Waals surface area contributed by atoms with Gasteiger partial charge in [-0.3, -0.25) is 10.1 Å². The molecule has 0 radical (unpaired) electrons. The van der Waals surface area contributed by atoms with Crippen LogP contribution in [0.15, 0.2) is 29.4 Å². The fourth-order valence-corrected chi connectivity index (χ4v) is 4.11. The van der Waals surface area contributed by atoms with Crippen molar-refractivity contribution < 1.29 is 9.59 Å². The minimum Gasteiger partial charge on any atom is -0.335 e. The van der Waals surface area contributed by atoms with Gasteiger partial charge in [0.05, 0.1) is 5.75 Å². The number of hydrogen-bond acceptors (Lipinski definition) is 5. The van der Waals surface area contributed by atoms with E-state index in [0.29, 0.717) is 5.16 Å². The molecule has 3 rings (SSSR count). The highest BCUT2D eigenvalue weighted by molar-refractivity contribution is 7.99. The van der Waals surface area contributed by atoms with Crippen molar-refractivity contribution in [1.82, 2.24) is 25.4 Å². The summed E-state index contributed by atoms with van der Waals surface area (Å²) in [7, 11) is 1.88. The van der Waals surface area contributed by atoms with E-state index in [1.165, 1.54) is 17.3 Å². The number of thioether (sulfide) groups is 1. The number of carbonyl (C=O) groups excluding carboxylic acids is 2. The second-order valence-corrected chi connectivity index (χ2v) is 9.43. The molecule has 29 heavy (non-hydrogen) atoms. The molecule has 2 aromatic rings. The Labute approximate surface area is 176 Å². The van der Waals surface area contributed by atoms with Crippen molar-refractivity contribution in [1.29, 1.82) is 0 Å². The molecule has 1 saturated carbocycles. The number of hydrogen-bond donors (Lipinski definition) is 2. The Morgan fingerprint density at radius 1 is 1.14 bits per heavy atom. The lowest BCUT2D eigenvalue weighted by Crippen LogP contribution is -2.44. The third-order valence-electron chi connectivity index (χ3n) is 5.12. The summed E-state index contributed by atoms with van der Waals surface area (Å²) in [6.45, 7) is 6.54. The fraction of sp³-hybridized carbons (Fsp3) is 0.524. The monoisotopic (exact) mass is 415 g/mol. The van der Waals surface area contributed by atoms with Crippen molar-refractivity contribution in [3.63, 3.8) is 0 Å². The van der Waals surface area contributed by atoms with Crippen molar-refractivity contribution >= 4 is 23.7 Å². The van der Waals surface area contributed by atoms with E-state index in [4.69, 9.17) is 0 Å². The summed E-state index contributed by atoms with van der Waals surface area (Å²) in [6, 6.07) is 8.06. The summed E-state index contributed by atoms with van der Waals surface area (Å²) in [4.78, 5) is 24.0. The summed E-state index contributed by atoms with van der Waals surface area (Å²) < 4.78 is 1.86. The van der Waals surface area contributed by atoms with Gasteiger partial charge in [0.1, 0.15) is 0 Å². The maximum atomic E-state index is 12.1. The van der Waals surface area contributed by atoms with Crippen LogP contribution in [0.5, 0.6) is 0 Å². The van der Waals surface area contributed by atoms with Crippen molar-refractivity contribution in [3.05, 3.63) is 29.8 Å². The van der Waals surface area contributed by atoms with Crippen molar-refractivity contribution in [3.8, 4) is 11.4 Å². The van der Waals surface area contributed by atoms with Crippen LogP contribution in [0.3, 0.4) is 0 Å². The molecule has 1 aliphatic carbocycles. The highest BCUT2D eigenvalue weighted by Crippen LogP contribution is 2.27. The zero-order valence-electron chi connectivity index (χ0n) is 17.5. The van der Waals surface area contributed by atoms with E-state index < -0.39 is 6.03 Å². The Hall–Kier alpha value is -2.35. The molecule has 0 aliphatic heterocycles. The lowest BCUT2D eigenvalue weighted by Gasteiger charge is -2.19. The minimum atomic E-state index is -0.417. The molecular formula is C21H29N5O2S. The Bertz CT molecular complexity index is 864. The van der Waals surface area contributed by atoms with Gasteiger partial charge in [0.15, 0.2) is 11.0 Å². The van der Waals surface area contributed by atoms with Crippen LogP contribution in [0.4, 0.5) is 4.79 Å². The highest BCUT2D eigenvalue weighted by Gasteiger charge is 2.19. The minimum absolute atomic E-state index is 0.0941. The lowest BCUT2D eigenvalue weighted by atomic mass is 9.87. The van der Waals surface area contributed by atoms with E-state index in [2.05, 4.69) is 53.7 Å². The third kappa shape index (κ3) is 5.59. The molecule has 0 spiro atoms. The molecule has 1 fully saturated rings. The molecule has 156 valence electrons. The van der Waals surface area contributed by atoms with Gasteiger partial charge in [-0.2, -0.15) is 0 Å². The number of nitrogens with zero attached hydrogens (tertiary/aromatic N) is 3. The van der Waals surface area contributed by atoms with Crippen LogP contribution in [-0.4, -0.2) is 38.5 Å². The average Bonchev–Trinajstić information content (AvgIpc) is 3.29. The summed E-state index contributed by atoms with van der Waals surface area (Å²) in [6.07, 6.45) is 4.22. The molecule has 8 heteroatoms. The van der Waals surface area contributed by atoms with Gasteiger partial charge >= 0.3 is 6.03 Å². The number of urea groups is 1. The van der Waals surface area contributed by atoms with Gasteiger partial charge in [-0.25, -0.2) is 4.79 Å². The highest BCUT2D eigenvalue weighted by atomic mass is 32.2. The van der Waals surface area contributed by atoms with Gasteiger partial charge < -0.3 is 9.88 Å². The quantitative estimate of drug-likeness (QED) is 0.728. The SMILES string of the molecule is Cn1c(SCC(=O)NC(=O)NC2CCCC2)nnc1-c1ccc(C(C)(C)C)cc1. The van der Waals surface area contributed by atoms with E-state index in [0.717, 1.165) is 37.1 Å². The summed E-state index contributed by atoms with van der Waals surface area (Å²) in [5, 5.41) is 14.3. The average molecular weight is 416 g/mol. The van der Waals surface area contributed by atoms with E-state index in [1.807, 2.05) is 23.7 Å². The largest absolute Gasteiger partial charge is 0.335 e. The Kier molecular flexibility index (Phi) is 6.62. The number of aromatic nitrogens is 3. The van der Waals surface area contributed by atoms with Gasteiger partial charge in [0.25, 0.3) is 0 Å². The topological polar surface area (TPSA) is 88.9 Å². The zero-order valence-corrected chi connectivity index (χ0v) is 18.3. The standard InChI is InChI=1S/C21H29N5O2S/c1-21(2,3)15-11-9-14(10-12-15)18-24-25-20(26(18)4)29-13-17(27)23-19(28)22-16-7-5-6-8-16/h9-12,16H,5-8,13H2,1-4H3,(H2,22,23,27,28). The third-order valence-corrected chi connectivity index (χ3v) is 6.14. The molecule has 0 bridgehead atoms. The molecule has 1 aromatic heterocycles. The summed E-state index contributed by atoms with van der Waals surface area (Å²) in [5.74, 6) is 0.504. The molecule has 1 aliphatic rings. The van der Waals surface area contributed by atoms with Gasteiger partial charge in [-0.1, -0.05) is 69.6 Å². The number of amides is 3. The van der Waals surface area contributed by atoms with Crippen LogP contribution in [-0.2, 0) is 17.3 Å². The van der Waals surface area contributed by atoms with Gasteiger partial charge in [0, 0.05) is 18.7 Å². The number of benzene rings is 1. The molecule has 0 atom stereocenters. The first-order chi connectivity index (χ1) is 13.7. The smallest absolute Gasteiger partial charge is 0.321 e. The first-order valence-corrected chi connectivity index (χ1v) is 11.0. The fourth-order valence-electron chi connectivity index (χ4n) is 3.40. The molecule has 1 aromatic carbocycles. The number of nitrogens with one attached hydrogen (secondary N) is 2. The normalized spacial score (nSPS) is 14.8. The van der Waals surface area contributed by atoms with Crippen LogP contribution in [0, 0.1) is 0 Å². The van der Waals surface area contributed by atoms with Crippen molar-refractivity contribution in [2.24, 2.45) is 7.05 Å². The van der Waals surface area contributed by atoms with Crippen LogP contribution in [0.25, 0.3) is 11.4 Å². The molecule has 0 unspecified atom stereocenters. The van der Waals surface area contributed by atoms with Crippen molar-refractivity contribution in [2.45, 2.75) is 63.1 Å². The Morgan fingerprint density at radius 2 is 1.79 bits per heavy atom. The second-order valence-electron chi connectivity index (χ2n) is 8.48. The van der Waals surface area contributed by atoms with Gasteiger partial charge in [-0.15, -0.1) is 10.2 Å². The predicted molar refractivity (Wildman–Crippen MR) is 115 cm³/mol. The Balaban J connectivity index is 1.55. The molecule has 2 N–H and O–H groups in total. The number of carbonyl (C=O) groups is 2. The lowest BCUT2D eigenvalue weighted by molar-refractivity contribution is -0.117. The van der Waals surface area contributed by atoms with Gasteiger partial charge in [0.2, 0.25) is 5.91 Å². The zero-order chi connectivity index (χ0) is 21.0. The Morgan fingerprint density at radius 3 is 2.41 bits per heavy atom. The van der Waals surface area contributed by atoms with E-state index in [1.54, 1.807) is 0 Å². The molecular weight excluding hydrogens is 386 g/mol. The number of rotatable bonds is 5. The van der Waals surface area contributed by atoms with Crippen molar-refractivity contribution in [2.75, 3.05) is 5.75 Å². The number of imide groups is 1. The predicted octanol–water partition coefficient (Wildman–Crippen LogP) is 3.64. The molecule has 0 saturated heterocycles. The van der Waals surface area contributed by atoms with Crippen LogP contribution in [0.2, 0.25) is 0 Å². The molecule has 1 heterocycles. The summed E-state index contributed by atoms with van der Waals surface area (Å²) >= 11 is 1.26. The molecule has 7 nitrogen and oxygen atoms in total. The van der Waals surface area contributed by atoms with Crippen LogP contribution >= 0.6 is 11.8 Å². The maximum Gasteiger partial charge on any atom is 0.321 e. The maximum absolute atomic E-state index is 12.1. The second kappa shape index (κ2) is 8.98. The summed E-state index contributed by atoms with van der Waals surface area (Å²) in [5.41, 5.74) is 2.32. The van der Waals surface area contributed by atoms with Gasteiger partial charge in [-0.05, 0) is 23.8 Å². The molecule has 3 amide bonds. The first kappa shape index (κ1) is 21.4.